The first-order valence-electron chi connectivity index (χ1n) is 6.07. The molecule has 0 amide bonds. The van der Waals surface area contributed by atoms with Crippen molar-refractivity contribution < 1.29 is 9.84 Å². The van der Waals surface area contributed by atoms with Crippen LogP contribution >= 0.6 is 0 Å². The molecule has 0 aromatic heterocycles. The molecular weight excluding hydrogens is 176 g/mol. The molecule has 0 bridgehead atoms. The van der Waals surface area contributed by atoms with Gasteiger partial charge in [-0.05, 0) is 31.6 Å². The van der Waals surface area contributed by atoms with Crippen LogP contribution in [0.4, 0.5) is 0 Å². The summed E-state index contributed by atoms with van der Waals surface area (Å²) in [5, 5.41) is 9.08. The average molecular weight is 198 g/mol. The molecule has 1 aliphatic heterocycles. The molecule has 82 valence electrons. The van der Waals surface area contributed by atoms with E-state index in [9.17, 15) is 0 Å². The first kappa shape index (κ1) is 10.4. The fourth-order valence-corrected chi connectivity index (χ4v) is 3.15. The van der Waals surface area contributed by atoms with Gasteiger partial charge in [0, 0.05) is 0 Å². The fourth-order valence-electron chi connectivity index (χ4n) is 3.15. The molecule has 0 aromatic rings. The average Bonchev–Trinajstić information content (AvgIpc) is 2.61. The van der Waals surface area contributed by atoms with E-state index < -0.39 is 0 Å². The molecule has 1 heterocycles. The van der Waals surface area contributed by atoms with Gasteiger partial charge in [-0.2, -0.15) is 0 Å². The predicted octanol–water partition coefficient (Wildman–Crippen LogP) is 2.50. The maximum atomic E-state index is 9.08. The topological polar surface area (TPSA) is 29.5 Å². The second-order valence-electron chi connectivity index (χ2n) is 5.01. The zero-order chi connectivity index (χ0) is 10.0. The maximum absolute atomic E-state index is 9.08. The van der Waals surface area contributed by atoms with Gasteiger partial charge in [-0.25, -0.2) is 0 Å². The molecule has 2 heteroatoms. The van der Waals surface area contributed by atoms with Gasteiger partial charge in [0.05, 0.1) is 18.3 Å². The van der Waals surface area contributed by atoms with Crippen molar-refractivity contribution in [1.82, 2.24) is 0 Å². The number of aliphatic hydroxyl groups is 1. The highest BCUT2D eigenvalue weighted by molar-refractivity contribution is 4.93. The molecule has 3 atom stereocenters. The number of aliphatic hydroxyl groups excluding tert-OH is 1. The lowest BCUT2D eigenvalue weighted by Crippen LogP contribution is -2.35. The summed E-state index contributed by atoms with van der Waals surface area (Å²) in [6.07, 6.45) is 8.81. The van der Waals surface area contributed by atoms with Gasteiger partial charge in [0.1, 0.15) is 0 Å². The molecule has 0 radical (unpaired) electrons. The normalized spacial score (nSPS) is 43.3. The summed E-state index contributed by atoms with van der Waals surface area (Å²) in [4.78, 5) is 0. The Morgan fingerprint density at radius 2 is 2.21 bits per heavy atom. The van der Waals surface area contributed by atoms with Crippen LogP contribution in [0.3, 0.4) is 0 Å². The van der Waals surface area contributed by atoms with Crippen LogP contribution in [-0.2, 0) is 4.74 Å². The Balaban J connectivity index is 1.95. The number of hydrogen-bond donors (Lipinski definition) is 1. The van der Waals surface area contributed by atoms with Crippen molar-refractivity contribution in [3.63, 3.8) is 0 Å². The zero-order valence-corrected chi connectivity index (χ0v) is 9.17. The predicted molar refractivity (Wildman–Crippen MR) is 56.2 cm³/mol. The summed E-state index contributed by atoms with van der Waals surface area (Å²) in [6.45, 7) is 2.49. The Morgan fingerprint density at radius 1 is 1.36 bits per heavy atom. The summed E-state index contributed by atoms with van der Waals surface area (Å²) in [6, 6.07) is 0. The van der Waals surface area contributed by atoms with E-state index in [1.807, 2.05) is 0 Å². The van der Waals surface area contributed by atoms with Crippen molar-refractivity contribution in [3.05, 3.63) is 0 Å². The quantitative estimate of drug-likeness (QED) is 0.738. The zero-order valence-electron chi connectivity index (χ0n) is 9.17. The van der Waals surface area contributed by atoms with E-state index in [0.717, 1.165) is 12.3 Å². The molecule has 1 saturated carbocycles. The van der Waals surface area contributed by atoms with Crippen LogP contribution in [0.2, 0.25) is 0 Å². The molecule has 1 N–H and O–H groups in total. The minimum absolute atomic E-state index is 0.130. The second kappa shape index (κ2) is 4.19. The van der Waals surface area contributed by atoms with Gasteiger partial charge in [-0.15, -0.1) is 0 Å². The molecule has 2 nitrogen and oxygen atoms in total. The van der Waals surface area contributed by atoms with E-state index >= 15 is 0 Å². The third kappa shape index (κ3) is 1.96. The Morgan fingerprint density at radius 3 is 2.86 bits per heavy atom. The first-order chi connectivity index (χ1) is 6.78. The molecule has 0 aromatic carbocycles. The van der Waals surface area contributed by atoms with E-state index in [4.69, 9.17) is 9.84 Å². The first-order valence-corrected chi connectivity index (χ1v) is 6.07. The standard InChI is InChI=1S/C12H22O2/c1-2-10-4-3-6-12(8-10)7-5-11(9-13)14-12/h10-11,13H,2-9H2,1H3/t10-,11-,12+/m1/s1. The molecule has 1 saturated heterocycles. The van der Waals surface area contributed by atoms with E-state index in [0.29, 0.717) is 0 Å². The molecular formula is C12H22O2. The van der Waals surface area contributed by atoms with Crippen LogP contribution < -0.4 is 0 Å². The minimum atomic E-state index is 0.130. The van der Waals surface area contributed by atoms with Gasteiger partial charge in [-0.3, -0.25) is 0 Å². The van der Waals surface area contributed by atoms with Crippen LogP contribution in [-0.4, -0.2) is 23.4 Å². The summed E-state index contributed by atoms with van der Waals surface area (Å²) in [5.41, 5.74) is 0.159. The van der Waals surface area contributed by atoms with Crippen LogP contribution in [0.25, 0.3) is 0 Å². The lowest BCUT2D eigenvalue weighted by Gasteiger charge is -2.37. The van der Waals surface area contributed by atoms with Gasteiger partial charge in [0.15, 0.2) is 0 Å². The lowest BCUT2D eigenvalue weighted by molar-refractivity contribution is -0.0887. The van der Waals surface area contributed by atoms with Crippen LogP contribution in [0.1, 0.15) is 51.9 Å². The van der Waals surface area contributed by atoms with Crippen molar-refractivity contribution in [1.29, 1.82) is 0 Å². The van der Waals surface area contributed by atoms with Crippen molar-refractivity contribution >= 4 is 0 Å². The summed E-state index contributed by atoms with van der Waals surface area (Å²) in [7, 11) is 0. The maximum Gasteiger partial charge on any atom is 0.0814 e. The Hall–Kier alpha value is -0.0800. The molecule has 1 aliphatic carbocycles. The van der Waals surface area contributed by atoms with Gasteiger partial charge in [-0.1, -0.05) is 26.2 Å². The van der Waals surface area contributed by atoms with Crippen LogP contribution in [0, 0.1) is 5.92 Å². The highest BCUT2D eigenvalue weighted by atomic mass is 16.5. The molecule has 14 heavy (non-hydrogen) atoms. The van der Waals surface area contributed by atoms with E-state index in [1.54, 1.807) is 0 Å². The lowest BCUT2D eigenvalue weighted by atomic mass is 9.76. The second-order valence-corrected chi connectivity index (χ2v) is 5.01. The molecule has 2 aliphatic rings. The number of hydrogen-bond acceptors (Lipinski definition) is 2. The fraction of sp³-hybridized carbons (Fsp3) is 1.00. The highest BCUT2D eigenvalue weighted by Gasteiger charge is 2.42. The van der Waals surface area contributed by atoms with E-state index in [1.165, 1.54) is 38.5 Å². The molecule has 1 spiro atoms. The van der Waals surface area contributed by atoms with E-state index in [-0.39, 0.29) is 18.3 Å². The van der Waals surface area contributed by atoms with E-state index in [2.05, 4.69) is 6.92 Å². The Kier molecular flexibility index (Phi) is 3.13. The monoisotopic (exact) mass is 198 g/mol. The van der Waals surface area contributed by atoms with Crippen LogP contribution in [0.5, 0.6) is 0 Å². The number of rotatable bonds is 2. The van der Waals surface area contributed by atoms with Gasteiger partial charge >= 0.3 is 0 Å². The van der Waals surface area contributed by atoms with Crippen LogP contribution in [0.15, 0.2) is 0 Å². The third-order valence-corrected chi connectivity index (χ3v) is 4.03. The third-order valence-electron chi connectivity index (χ3n) is 4.03. The van der Waals surface area contributed by atoms with Gasteiger partial charge in [0.2, 0.25) is 0 Å². The highest BCUT2D eigenvalue weighted by Crippen LogP contribution is 2.44. The smallest absolute Gasteiger partial charge is 0.0814 e. The molecule has 2 fully saturated rings. The van der Waals surface area contributed by atoms with Crippen molar-refractivity contribution in [3.8, 4) is 0 Å². The SMILES string of the molecule is CC[C@@H]1CCC[C@]2(CC[C@H](CO)O2)C1. The van der Waals surface area contributed by atoms with Gasteiger partial charge in [0.25, 0.3) is 0 Å². The van der Waals surface area contributed by atoms with Gasteiger partial charge < -0.3 is 9.84 Å². The van der Waals surface area contributed by atoms with Crippen molar-refractivity contribution in [2.75, 3.05) is 6.61 Å². The Bertz CT molecular complexity index is 193. The summed E-state index contributed by atoms with van der Waals surface area (Å²) >= 11 is 0. The summed E-state index contributed by atoms with van der Waals surface area (Å²) in [5.74, 6) is 0.862. The summed E-state index contributed by atoms with van der Waals surface area (Å²) < 4.78 is 6.02. The van der Waals surface area contributed by atoms with Crippen molar-refractivity contribution in [2.24, 2.45) is 5.92 Å². The Labute approximate surface area is 86.6 Å². The minimum Gasteiger partial charge on any atom is -0.394 e. The largest absolute Gasteiger partial charge is 0.394 e. The number of ether oxygens (including phenoxy) is 1. The molecule has 0 unspecified atom stereocenters. The molecule has 2 rings (SSSR count). The van der Waals surface area contributed by atoms with Crippen molar-refractivity contribution in [2.45, 2.75) is 63.6 Å².